The third kappa shape index (κ3) is 2.44. The Bertz CT molecular complexity index is 1330. The van der Waals surface area contributed by atoms with Gasteiger partial charge in [-0.2, -0.15) is 0 Å². The van der Waals surface area contributed by atoms with Crippen molar-refractivity contribution >= 4 is 33.6 Å². The van der Waals surface area contributed by atoms with Crippen molar-refractivity contribution in [2.75, 3.05) is 13.2 Å². The van der Waals surface area contributed by atoms with Crippen molar-refractivity contribution in [3.63, 3.8) is 0 Å². The number of rotatable bonds is 3. The zero-order valence-corrected chi connectivity index (χ0v) is 16.1. The molecule has 3 heterocycles. The topological polar surface area (TPSA) is 69.6 Å². The second-order valence-electron chi connectivity index (χ2n) is 7.56. The monoisotopic (exact) mass is 398 g/mol. The summed E-state index contributed by atoms with van der Waals surface area (Å²) in [6.07, 6.45) is -0.650. The van der Waals surface area contributed by atoms with Crippen molar-refractivity contribution in [3.8, 4) is 0 Å². The van der Waals surface area contributed by atoms with Crippen molar-refractivity contribution in [1.29, 1.82) is 0 Å². The van der Waals surface area contributed by atoms with E-state index in [1.54, 1.807) is 0 Å². The van der Waals surface area contributed by atoms with E-state index in [0.29, 0.717) is 36.4 Å². The van der Waals surface area contributed by atoms with Gasteiger partial charge in [-0.1, -0.05) is 48.5 Å². The Morgan fingerprint density at radius 2 is 1.57 bits per heavy atom. The van der Waals surface area contributed by atoms with Gasteiger partial charge in [-0.25, -0.2) is 0 Å². The van der Waals surface area contributed by atoms with Crippen molar-refractivity contribution in [1.82, 2.24) is 9.88 Å². The molecule has 1 aromatic heterocycles. The zero-order chi connectivity index (χ0) is 20.2. The molecule has 2 aliphatic heterocycles. The molecule has 0 atom stereocenters. The maximum atomic E-state index is 12.8. The first kappa shape index (κ1) is 17.4. The summed E-state index contributed by atoms with van der Waals surface area (Å²) in [6, 6.07) is 20.1. The third-order valence-electron chi connectivity index (χ3n) is 5.83. The van der Waals surface area contributed by atoms with Crippen molar-refractivity contribution in [3.05, 3.63) is 82.9 Å². The standard InChI is InChI=1S/C24H18N2O4/c27-22-20-16(24-29-10-11-30-24)12-18-19(21(20)23(28)25-22)15-8-4-5-9-17(15)26(18)13-14-6-2-1-3-7-14/h1-9,12,24H,10-11,13H2,(H,25,27,28). The summed E-state index contributed by atoms with van der Waals surface area (Å²) in [6.45, 7) is 1.56. The van der Waals surface area contributed by atoms with Gasteiger partial charge in [0.1, 0.15) is 0 Å². The molecule has 0 aliphatic carbocycles. The van der Waals surface area contributed by atoms with E-state index in [2.05, 4.69) is 22.0 Å². The van der Waals surface area contributed by atoms with Crippen LogP contribution >= 0.6 is 0 Å². The zero-order valence-electron chi connectivity index (χ0n) is 16.1. The van der Waals surface area contributed by atoms with E-state index in [1.807, 2.05) is 48.5 Å². The number of amides is 2. The normalized spacial score (nSPS) is 16.5. The smallest absolute Gasteiger partial charge is 0.259 e. The van der Waals surface area contributed by atoms with Gasteiger partial charge in [-0.15, -0.1) is 0 Å². The number of hydrogen-bond donors (Lipinski definition) is 1. The highest BCUT2D eigenvalue weighted by Gasteiger charge is 2.37. The molecule has 148 valence electrons. The number of imide groups is 1. The fourth-order valence-corrected chi connectivity index (χ4v) is 4.58. The highest BCUT2D eigenvalue weighted by molar-refractivity contribution is 6.30. The minimum Gasteiger partial charge on any atom is -0.346 e. The molecule has 0 spiro atoms. The van der Waals surface area contributed by atoms with Crippen LogP contribution in [0.25, 0.3) is 21.8 Å². The summed E-state index contributed by atoms with van der Waals surface area (Å²) in [5.74, 6) is -0.770. The lowest BCUT2D eigenvalue weighted by Crippen LogP contribution is -2.20. The molecular weight excluding hydrogens is 380 g/mol. The number of benzene rings is 3. The van der Waals surface area contributed by atoms with Gasteiger partial charge in [0.25, 0.3) is 11.8 Å². The van der Waals surface area contributed by atoms with Gasteiger partial charge in [-0.05, 0) is 17.7 Å². The van der Waals surface area contributed by atoms with Gasteiger partial charge >= 0.3 is 0 Å². The van der Waals surface area contributed by atoms with Crippen LogP contribution < -0.4 is 5.32 Å². The minimum absolute atomic E-state index is 0.363. The highest BCUT2D eigenvalue weighted by atomic mass is 16.7. The Morgan fingerprint density at radius 1 is 0.867 bits per heavy atom. The lowest BCUT2D eigenvalue weighted by molar-refractivity contribution is -0.0444. The third-order valence-corrected chi connectivity index (χ3v) is 5.83. The number of nitrogens with zero attached hydrogens (tertiary/aromatic N) is 1. The van der Waals surface area contributed by atoms with E-state index in [1.165, 1.54) is 0 Å². The van der Waals surface area contributed by atoms with E-state index in [0.717, 1.165) is 27.4 Å². The molecular formula is C24H18N2O4. The molecule has 4 aromatic rings. The molecule has 6 nitrogen and oxygen atoms in total. The van der Waals surface area contributed by atoms with Crippen LogP contribution in [0.3, 0.4) is 0 Å². The van der Waals surface area contributed by atoms with Gasteiger partial charge in [-0.3, -0.25) is 14.9 Å². The maximum Gasteiger partial charge on any atom is 0.259 e. The fourth-order valence-electron chi connectivity index (χ4n) is 4.58. The molecule has 0 bridgehead atoms. The molecule has 0 unspecified atom stereocenters. The molecule has 3 aromatic carbocycles. The van der Waals surface area contributed by atoms with Crippen LogP contribution in [0.2, 0.25) is 0 Å². The molecule has 6 heteroatoms. The van der Waals surface area contributed by atoms with E-state index in [4.69, 9.17) is 9.47 Å². The van der Waals surface area contributed by atoms with Crippen molar-refractivity contribution in [2.24, 2.45) is 0 Å². The van der Waals surface area contributed by atoms with Gasteiger partial charge < -0.3 is 14.0 Å². The summed E-state index contributed by atoms with van der Waals surface area (Å²) in [4.78, 5) is 25.5. The average molecular weight is 398 g/mol. The number of aromatic nitrogens is 1. The Kier molecular flexibility index (Phi) is 3.78. The van der Waals surface area contributed by atoms with Crippen LogP contribution in [0.15, 0.2) is 60.7 Å². The fraction of sp³-hybridized carbons (Fsp3) is 0.167. The first-order valence-corrected chi connectivity index (χ1v) is 9.93. The van der Waals surface area contributed by atoms with Gasteiger partial charge in [0.15, 0.2) is 6.29 Å². The summed E-state index contributed by atoms with van der Waals surface area (Å²) >= 11 is 0. The Hall–Kier alpha value is -3.48. The Labute approximate surface area is 172 Å². The minimum atomic E-state index is -0.650. The molecule has 1 fully saturated rings. The predicted octanol–water partition coefficient (Wildman–Crippen LogP) is 3.77. The van der Waals surface area contributed by atoms with Crippen LogP contribution in [-0.4, -0.2) is 29.6 Å². The molecule has 0 saturated carbocycles. The summed E-state index contributed by atoms with van der Waals surface area (Å²) in [5.41, 5.74) is 4.43. The lowest BCUT2D eigenvalue weighted by atomic mass is 9.96. The van der Waals surface area contributed by atoms with Gasteiger partial charge in [0.05, 0.1) is 29.9 Å². The van der Waals surface area contributed by atoms with Crippen LogP contribution in [0.1, 0.15) is 38.1 Å². The van der Waals surface area contributed by atoms with Gasteiger partial charge in [0, 0.05) is 28.4 Å². The summed E-state index contributed by atoms with van der Waals surface area (Å²) in [5, 5.41) is 4.21. The SMILES string of the molecule is O=C1NC(=O)c2c1c(C1OCCO1)cc1c2c2ccccc2n1Cc1ccccc1. The van der Waals surface area contributed by atoms with Crippen molar-refractivity contribution in [2.45, 2.75) is 12.8 Å². The molecule has 1 N–H and O–H groups in total. The second-order valence-corrected chi connectivity index (χ2v) is 7.56. The summed E-state index contributed by atoms with van der Waals surface area (Å²) < 4.78 is 13.6. The van der Waals surface area contributed by atoms with E-state index < -0.39 is 12.2 Å². The van der Waals surface area contributed by atoms with E-state index in [-0.39, 0.29) is 5.91 Å². The Morgan fingerprint density at radius 3 is 2.37 bits per heavy atom. The second kappa shape index (κ2) is 6.52. The maximum absolute atomic E-state index is 12.8. The first-order valence-electron chi connectivity index (χ1n) is 9.93. The van der Waals surface area contributed by atoms with Crippen LogP contribution in [0.5, 0.6) is 0 Å². The Balaban J connectivity index is 1.72. The quantitative estimate of drug-likeness (QED) is 0.534. The van der Waals surface area contributed by atoms with E-state index >= 15 is 0 Å². The van der Waals surface area contributed by atoms with Crippen LogP contribution in [-0.2, 0) is 16.0 Å². The summed E-state index contributed by atoms with van der Waals surface area (Å²) in [7, 11) is 0. The number of para-hydroxylation sites is 1. The number of hydrogen-bond acceptors (Lipinski definition) is 4. The number of nitrogens with one attached hydrogen (secondary N) is 1. The predicted molar refractivity (Wildman–Crippen MR) is 111 cm³/mol. The largest absolute Gasteiger partial charge is 0.346 e. The number of carbonyl (C=O) groups excluding carboxylic acids is 2. The first-order chi connectivity index (χ1) is 14.7. The van der Waals surface area contributed by atoms with Crippen LogP contribution in [0.4, 0.5) is 0 Å². The van der Waals surface area contributed by atoms with Crippen LogP contribution in [0, 0.1) is 0 Å². The lowest BCUT2D eigenvalue weighted by Gasteiger charge is -2.15. The van der Waals surface area contributed by atoms with Crippen molar-refractivity contribution < 1.29 is 19.1 Å². The molecule has 0 radical (unpaired) electrons. The molecule has 2 aliphatic rings. The number of fused-ring (bicyclic) bond motifs is 5. The average Bonchev–Trinajstić information content (AvgIpc) is 3.47. The molecule has 6 rings (SSSR count). The number of carbonyl (C=O) groups is 2. The number of ether oxygens (including phenoxy) is 2. The highest BCUT2D eigenvalue weighted by Crippen LogP contribution is 2.40. The molecule has 1 saturated heterocycles. The van der Waals surface area contributed by atoms with Gasteiger partial charge in [0.2, 0.25) is 0 Å². The molecule has 30 heavy (non-hydrogen) atoms. The molecule has 2 amide bonds. The van der Waals surface area contributed by atoms with E-state index in [9.17, 15) is 9.59 Å².